The van der Waals surface area contributed by atoms with Crippen LogP contribution < -0.4 is 10.6 Å². The maximum Gasteiger partial charge on any atom is 0.416 e. The van der Waals surface area contributed by atoms with Crippen molar-refractivity contribution in [3.8, 4) is 0 Å². The highest BCUT2D eigenvalue weighted by atomic mass is 32.2. The van der Waals surface area contributed by atoms with Gasteiger partial charge in [-0.25, -0.2) is 4.68 Å². The molecular weight excluding hydrogens is 431 g/mol. The smallest absolute Gasteiger partial charge is 0.324 e. The van der Waals surface area contributed by atoms with Gasteiger partial charge in [-0.05, 0) is 23.8 Å². The number of halogens is 3. The minimum Gasteiger partial charge on any atom is -0.324 e. The van der Waals surface area contributed by atoms with Crippen LogP contribution in [-0.4, -0.2) is 26.6 Å². The molecule has 0 unspecified atom stereocenters. The summed E-state index contributed by atoms with van der Waals surface area (Å²) in [7, 11) is 0. The third kappa shape index (κ3) is 4.88. The number of thioether (sulfide) groups is 1. The Morgan fingerprint density at radius 2 is 1.97 bits per heavy atom. The Morgan fingerprint density at radius 1 is 1.19 bits per heavy atom. The first kappa shape index (κ1) is 20.9. The van der Waals surface area contributed by atoms with Gasteiger partial charge in [-0.1, -0.05) is 48.2 Å². The fourth-order valence-corrected chi connectivity index (χ4v) is 3.81. The van der Waals surface area contributed by atoms with Crippen molar-refractivity contribution in [2.75, 3.05) is 10.6 Å². The van der Waals surface area contributed by atoms with E-state index in [-0.39, 0.29) is 18.1 Å². The molecule has 0 aliphatic carbocycles. The van der Waals surface area contributed by atoms with Crippen LogP contribution in [-0.2, 0) is 21.5 Å². The predicted octanol–water partition coefficient (Wildman–Crippen LogP) is 4.11. The van der Waals surface area contributed by atoms with E-state index in [0.717, 1.165) is 17.7 Å². The zero-order chi connectivity index (χ0) is 22.0. The van der Waals surface area contributed by atoms with Crippen molar-refractivity contribution < 1.29 is 22.8 Å². The van der Waals surface area contributed by atoms with E-state index < -0.39 is 29.6 Å². The molecule has 0 saturated carbocycles. The standard InChI is InChI=1S/C20H16F3N5O2S/c21-20(22,23)13-7-4-8-14(9-13)24-17(30)15-10-16(29)25-18-26-19(27-28(15)18)31-11-12-5-2-1-3-6-12/h1-9,15H,10-11H2,(H,24,30)(H,25,26,27,29)/t15-/m0/s1. The molecule has 1 aromatic heterocycles. The molecule has 3 aromatic rings. The largest absolute Gasteiger partial charge is 0.416 e. The minimum atomic E-state index is -4.53. The quantitative estimate of drug-likeness (QED) is 0.575. The van der Waals surface area contributed by atoms with Gasteiger partial charge in [0.05, 0.1) is 12.0 Å². The summed E-state index contributed by atoms with van der Waals surface area (Å²) < 4.78 is 40.0. The molecule has 1 aliphatic heterocycles. The maximum absolute atomic E-state index is 12.9. The summed E-state index contributed by atoms with van der Waals surface area (Å²) in [5, 5.41) is 9.69. The molecule has 4 rings (SSSR count). The van der Waals surface area contributed by atoms with Crippen molar-refractivity contribution in [2.45, 2.75) is 29.5 Å². The number of carbonyl (C=O) groups is 2. The number of hydrogen-bond acceptors (Lipinski definition) is 5. The van der Waals surface area contributed by atoms with Crippen molar-refractivity contribution in [1.29, 1.82) is 0 Å². The first-order valence-electron chi connectivity index (χ1n) is 9.21. The molecule has 2 aromatic carbocycles. The molecule has 31 heavy (non-hydrogen) atoms. The zero-order valence-electron chi connectivity index (χ0n) is 15.9. The summed E-state index contributed by atoms with van der Waals surface area (Å²) in [4.78, 5) is 29.1. The van der Waals surface area contributed by atoms with E-state index >= 15 is 0 Å². The van der Waals surface area contributed by atoms with Crippen LogP contribution in [0.15, 0.2) is 59.8 Å². The van der Waals surface area contributed by atoms with Gasteiger partial charge >= 0.3 is 6.18 Å². The van der Waals surface area contributed by atoms with Gasteiger partial charge in [0.1, 0.15) is 6.04 Å². The Morgan fingerprint density at radius 3 is 2.71 bits per heavy atom. The average molecular weight is 447 g/mol. The molecule has 2 heterocycles. The Hall–Kier alpha value is -3.34. The minimum absolute atomic E-state index is 0.0221. The number of hydrogen-bond donors (Lipinski definition) is 2. The summed E-state index contributed by atoms with van der Waals surface area (Å²) in [6.45, 7) is 0. The monoisotopic (exact) mass is 447 g/mol. The number of nitrogens with one attached hydrogen (secondary N) is 2. The van der Waals surface area contributed by atoms with Crippen LogP contribution in [0.25, 0.3) is 0 Å². The molecule has 0 radical (unpaired) electrons. The van der Waals surface area contributed by atoms with Gasteiger partial charge in [-0.2, -0.15) is 18.2 Å². The van der Waals surface area contributed by atoms with E-state index in [1.54, 1.807) is 0 Å². The summed E-state index contributed by atoms with van der Waals surface area (Å²) in [5.41, 5.74) is 0.155. The van der Waals surface area contributed by atoms with Gasteiger partial charge in [-0.3, -0.25) is 14.9 Å². The lowest BCUT2D eigenvalue weighted by Gasteiger charge is -2.22. The fourth-order valence-electron chi connectivity index (χ4n) is 3.03. The molecule has 7 nitrogen and oxygen atoms in total. The van der Waals surface area contributed by atoms with E-state index in [2.05, 4.69) is 20.7 Å². The van der Waals surface area contributed by atoms with Crippen LogP contribution in [0.1, 0.15) is 23.6 Å². The second-order valence-corrected chi connectivity index (χ2v) is 7.72. The number of benzene rings is 2. The highest BCUT2D eigenvalue weighted by Crippen LogP contribution is 2.32. The van der Waals surface area contributed by atoms with Crippen LogP contribution in [0.2, 0.25) is 0 Å². The SMILES string of the molecule is O=C1C[C@@H](C(=O)Nc2cccc(C(F)(F)F)c2)n2nc(SCc3ccccc3)nc2N1. The first-order chi connectivity index (χ1) is 14.8. The molecule has 2 N–H and O–H groups in total. The van der Waals surface area contributed by atoms with Gasteiger partial charge < -0.3 is 5.32 Å². The lowest BCUT2D eigenvalue weighted by molar-refractivity contribution is -0.137. The van der Waals surface area contributed by atoms with E-state index in [1.807, 2.05) is 30.3 Å². The van der Waals surface area contributed by atoms with Crippen LogP contribution in [0.3, 0.4) is 0 Å². The zero-order valence-corrected chi connectivity index (χ0v) is 16.7. The highest BCUT2D eigenvalue weighted by molar-refractivity contribution is 7.98. The molecule has 0 spiro atoms. The Bertz CT molecular complexity index is 1120. The van der Waals surface area contributed by atoms with E-state index in [4.69, 9.17) is 0 Å². The van der Waals surface area contributed by atoms with Crippen LogP contribution in [0, 0.1) is 0 Å². The summed E-state index contributed by atoms with van der Waals surface area (Å²) in [5.74, 6) is -0.362. The third-order valence-electron chi connectivity index (χ3n) is 4.51. The van der Waals surface area contributed by atoms with Crippen molar-refractivity contribution in [2.24, 2.45) is 0 Å². The molecule has 2 amide bonds. The number of amides is 2. The third-order valence-corrected chi connectivity index (χ3v) is 5.42. The number of fused-ring (bicyclic) bond motifs is 1. The normalized spacial score (nSPS) is 15.8. The van der Waals surface area contributed by atoms with Crippen molar-refractivity contribution in [3.63, 3.8) is 0 Å². The second-order valence-electron chi connectivity index (χ2n) is 6.77. The fraction of sp³-hybridized carbons (Fsp3) is 0.200. The van der Waals surface area contributed by atoms with Crippen LogP contribution in [0.5, 0.6) is 0 Å². The van der Waals surface area contributed by atoms with E-state index in [1.165, 1.54) is 28.6 Å². The molecule has 0 bridgehead atoms. The van der Waals surface area contributed by atoms with Crippen molar-refractivity contribution >= 4 is 35.2 Å². The molecule has 1 atom stereocenters. The summed E-state index contributed by atoms with van der Waals surface area (Å²) in [6.07, 6.45) is -4.74. The van der Waals surface area contributed by atoms with Crippen LogP contribution >= 0.6 is 11.8 Å². The maximum atomic E-state index is 12.9. The number of nitrogens with zero attached hydrogens (tertiary/aromatic N) is 3. The highest BCUT2D eigenvalue weighted by Gasteiger charge is 2.34. The van der Waals surface area contributed by atoms with Gasteiger partial charge in [-0.15, -0.1) is 5.10 Å². The summed E-state index contributed by atoms with van der Waals surface area (Å²) in [6, 6.07) is 12.9. The number of rotatable bonds is 5. The Kier molecular flexibility index (Phi) is 5.68. The number of aromatic nitrogens is 3. The van der Waals surface area contributed by atoms with E-state index in [9.17, 15) is 22.8 Å². The van der Waals surface area contributed by atoms with Crippen molar-refractivity contribution in [1.82, 2.24) is 14.8 Å². The number of alkyl halides is 3. The lowest BCUT2D eigenvalue weighted by Crippen LogP contribution is -2.36. The van der Waals surface area contributed by atoms with Gasteiger partial charge in [0.2, 0.25) is 22.9 Å². The molecule has 0 fully saturated rings. The van der Waals surface area contributed by atoms with Gasteiger partial charge in [0.15, 0.2) is 0 Å². The topological polar surface area (TPSA) is 88.9 Å². The summed E-state index contributed by atoms with van der Waals surface area (Å²) >= 11 is 1.34. The Balaban J connectivity index is 1.51. The predicted molar refractivity (Wildman–Crippen MR) is 108 cm³/mol. The second kappa shape index (κ2) is 8.42. The molecule has 1 aliphatic rings. The van der Waals surface area contributed by atoms with Gasteiger partial charge in [0.25, 0.3) is 0 Å². The molecule has 160 valence electrons. The molecular formula is C20H16F3N5O2S. The van der Waals surface area contributed by atoms with Crippen molar-refractivity contribution in [3.05, 3.63) is 65.7 Å². The van der Waals surface area contributed by atoms with Crippen LogP contribution in [0.4, 0.5) is 24.8 Å². The average Bonchev–Trinajstić information content (AvgIpc) is 3.14. The number of anilines is 2. The first-order valence-corrected chi connectivity index (χ1v) is 10.2. The van der Waals surface area contributed by atoms with E-state index in [0.29, 0.717) is 10.9 Å². The van der Waals surface area contributed by atoms with Gasteiger partial charge in [0, 0.05) is 11.4 Å². The lowest BCUT2D eigenvalue weighted by atomic mass is 10.1. The molecule has 0 saturated heterocycles. The molecule has 11 heteroatoms. The Labute approximate surface area is 179 Å². The number of carbonyl (C=O) groups excluding carboxylic acids is 2.